The van der Waals surface area contributed by atoms with Crippen molar-refractivity contribution < 1.29 is 13.2 Å². The Labute approximate surface area is 217 Å². The van der Waals surface area contributed by atoms with Crippen LogP contribution in [0.5, 0.6) is 0 Å². The van der Waals surface area contributed by atoms with Crippen molar-refractivity contribution in [1.29, 1.82) is 0 Å². The van der Waals surface area contributed by atoms with Gasteiger partial charge in [-0.2, -0.15) is 0 Å². The van der Waals surface area contributed by atoms with Crippen LogP contribution in [0.4, 0.5) is 5.69 Å². The van der Waals surface area contributed by atoms with Crippen LogP contribution in [0, 0.1) is 12.8 Å². The Morgan fingerprint density at radius 1 is 0.944 bits per heavy atom. The maximum absolute atomic E-state index is 13.5. The number of fused-ring (bicyclic) bond motifs is 1. The van der Waals surface area contributed by atoms with Gasteiger partial charge in [-0.3, -0.25) is 9.10 Å². The second-order valence-electron chi connectivity index (χ2n) is 9.06. The third kappa shape index (κ3) is 6.07. The Hall–Kier alpha value is -3.35. The lowest BCUT2D eigenvalue weighted by Crippen LogP contribution is -2.42. The fourth-order valence-electron chi connectivity index (χ4n) is 4.18. The number of carbonyl (C=O) groups excluding carboxylic acids is 1. The highest BCUT2D eigenvalue weighted by Crippen LogP contribution is 2.26. The van der Waals surface area contributed by atoms with Crippen molar-refractivity contribution in [1.82, 2.24) is 5.32 Å². The average molecular weight is 521 g/mol. The van der Waals surface area contributed by atoms with Crippen LogP contribution in [0.1, 0.15) is 18.1 Å². The molecule has 7 heteroatoms. The van der Waals surface area contributed by atoms with Gasteiger partial charge < -0.3 is 5.32 Å². The fourth-order valence-corrected chi connectivity index (χ4v) is 5.77. The molecule has 0 aromatic heterocycles. The van der Waals surface area contributed by atoms with Crippen LogP contribution in [-0.4, -0.2) is 27.4 Å². The molecule has 0 radical (unpaired) electrons. The molecule has 0 aliphatic heterocycles. The summed E-state index contributed by atoms with van der Waals surface area (Å²) in [6.45, 7) is 4.03. The van der Waals surface area contributed by atoms with Gasteiger partial charge in [0.05, 0.1) is 10.6 Å². The van der Waals surface area contributed by atoms with Crippen molar-refractivity contribution in [3.63, 3.8) is 0 Å². The molecular formula is C29H29ClN2O3S. The molecule has 0 spiro atoms. The van der Waals surface area contributed by atoms with E-state index >= 15 is 0 Å². The first-order valence-corrected chi connectivity index (χ1v) is 13.6. The normalized spacial score (nSPS) is 12.3. The van der Waals surface area contributed by atoms with E-state index in [0.29, 0.717) is 17.3 Å². The number of hydrogen-bond donors (Lipinski definition) is 1. The molecule has 1 atom stereocenters. The lowest BCUT2D eigenvalue weighted by Gasteiger charge is -2.25. The standard InChI is InChI=1S/C29H29ClN2O3S/c1-21-13-15-27(16-14-21)36(34,35)32(26-11-6-10-25(30)18-26)20-29(33)31-19-22(2)17-24-9-5-8-23-7-3-4-12-28(23)24/h3-16,18,22H,17,19-20H2,1-2H3,(H,31,33). The van der Waals surface area contributed by atoms with Gasteiger partial charge in [-0.15, -0.1) is 0 Å². The predicted molar refractivity (Wildman–Crippen MR) is 147 cm³/mol. The molecule has 4 aromatic rings. The Bertz CT molecular complexity index is 1460. The molecule has 0 saturated carbocycles. The Balaban J connectivity index is 1.48. The molecule has 186 valence electrons. The molecule has 1 N–H and O–H groups in total. The molecule has 5 nitrogen and oxygen atoms in total. The third-order valence-electron chi connectivity index (χ3n) is 6.09. The van der Waals surface area contributed by atoms with Gasteiger partial charge in [-0.25, -0.2) is 8.42 Å². The van der Waals surface area contributed by atoms with Crippen molar-refractivity contribution in [2.24, 2.45) is 5.92 Å². The number of halogens is 1. The topological polar surface area (TPSA) is 66.5 Å². The molecule has 0 fully saturated rings. The van der Waals surface area contributed by atoms with Crippen LogP contribution in [0.25, 0.3) is 10.8 Å². The summed E-state index contributed by atoms with van der Waals surface area (Å²) in [4.78, 5) is 13.1. The zero-order valence-corrected chi connectivity index (χ0v) is 21.9. The van der Waals surface area contributed by atoms with Gasteiger partial charge in [0.25, 0.3) is 10.0 Å². The van der Waals surface area contributed by atoms with Crippen LogP contribution in [0.2, 0.25) is 5.02 Å². The predicted octanol–water partition coefficient (Wildman–Crippen LogP) is 5.99. The van der Waals surface area contributed by atoms with Crippen LogP contribution < -0.4 is 9.62 Å². The monoisotopic (exact) mass is 520 g/mol. The summed E-state index contributed by atoms with van der Waals surface area (Å²) in [7, 11) is -3.98. The third-order valence-corrected chi connectivity index (χ3v) is 8.11. The highest BCUT2D eigenvalue weighted by molar-refractivity contribution is 7.92. The summed E-state index contributed by atoms with van der Waals surface area (Å²) in [5.41, 5.74) is 2.50. The van der Waals surface area contributed by atoms with Gasteiger partial charge in [-0.05, 0) is 65.9 Å². The largest absolute Gasteiger partial charge is 0.354 e. The summed E-state index contributed by atoms with van der Waals surface area (Å²) >= 11 is 6.14. The molecule has 0 saturated heterocycles. The first kappa shape index (κ1) is 25.7. The molecule has 0 bridgehead atoms. The lowest BCUT2D eigenvalue weighted by atomic mass is 9.96. The van der Waals surface area contributed by atoms with Crippen molar-refractivity contribution in [3.8, 4) is 0 Å². The zero-order valence-electron chi connectivity index (χ0n) is 20.3. The van der Waals surface area contributed by atoms with Crippen LogP contribution in [0.15, 0.2) is 95.9 Å². The quantitative estimate of drug-likeness (QED) is 0.294. The van der Waals surface area contributed by atoms with E-state index in [4.69, 9.17) is 11.6 Å². The van der Waals surface area contributed by atoms with Gasteiger partial charge in [0.15, 0.2) is 0 Å². The smallest absolute Gasteiger partial charge is 0.264 e. The number of benzene rings is 4. The van der Waals surface area contributed by atoms with Crippen LogP contribution in [0.3, 0.4) is 0 Å². The van der Waals surface area contributed by atoms with Gasteiger partial charge in [-0.1, -0.05) is 84.8 Å². The first-order valence-electron chi connectivity index (χ1n) is 11.8. The van der Waals surface area contributed by atoms with E-state index in [9.17, 15) is 13.2 Å². The van der Waals surface area contributed by atoms with Crippen LogP contribution in [-0.2, 0) is 21.2 Å². The summed E-state index contributed by atoms with van der Waals surface area (Å²) in [5.74, 6) is -0.219. The number of sulfonamides is 1. The minimum atomic E-state index is -3.98. The van der Waals surface area contributed by atoms with Gasteiger partial charge in [0.2, 0.25) is 5.91 Å². The molecule has 4 rings (SSSR count). The van der Waals surface area contributed by atoms with Crippen molar-refractivity contribution in [3.05, 3.63) is 107 Å². The van der Waals surface area contributed by atoms with Gasteiger partial charge in [0.1, 0.15) is 6.54 Å². The summed E-state index contributed by atoms with van der Waals surface area (Å²) < 4.78 is 28.1. The SMILES string of the molecule is Cc1ccc(S(=O)(=O)N(CC(=O)NCC(C)Cc2cccc3ccccc23)c2cccc(Cl)c2)cc1. The van der Waals surface area contributed by atoms with Gasteiger partial charge in [0, 0.05) is 11.6 Å². The second-order valence-corrected chi connectivity index (χ2v) is 11.4. The number of nitrogens with one attached hydrogen (secondary N) is 1. The number of carbonyl (C=O) groups is 1. The van der Waals surface area contributed by atoms with E-state index in [1.165, 1.54) is 16.3 Å². The Kier molecular flexibility index (Phi) is 7.97. The van der Waals surface area contributed by atoms with E-state index in [1.54, 1.807) is 48.5 Å². The molecule has 36 heavy (non-hydrogen) atoms. The molecule has 1 unspecified atom stereocenters. The number of rotatable bonds is 9. The van der Waals surface area contributed by atoms with E-state index < -0.39 is 10.0 Å². The van der Waals surface area contributed by atoms with E-state index in [0.717, 1.165) is 16.3 Å². The van der Waals surface area contributed by atoms with Gasteiger partial charge >= 0.3 is 0 Å². The van der Waals surface area contributed by atoms with Crippen molar-refractivity contribution in [2.75, 3.05) is 17.4 Å². The second kappa shape index (κ2) is 11.1. The molecule has 0 aliphatic rings. The van der Waals surface area contributed by atoms with E-state index in [1.807, 2.05) is 25.1 Å². The lowest BCUT2D eigenvalue weighted by molar-refractivity contribution is -0.119. The Morgan fingerprint density at radius 2 is 1.64 bits per heavy atom. The van der Waals surface area contributed by atoms with Crippen LogP contribution >= 0.6 is 11.6 Å². The highest BCUT2D eigenvalue weighted by atomic mass is 35.5. The number of hydrogen-bond acceptors (Lipinski definition) is 3. The molecule has 1 amide bonds. The van der Waals surface area contributed by atoms with E-state index in [-0.39, 0.29) is 23.3 Å². The number of anilines is 1. The number of nitrogens with zero attached hydrogens (tertiary/aromatic N) is 1. The average Bonchev–Trinajstić information content (AvgIpc) is 2.86. The molecule has 0 aliphatic carbocycles. The molecule has 4 aromatic carbocycles. The Morgan fingerprint density at radius 3 is 2.39 bits per heavy atom. The summed E-state index contributed by atoms with van der Waals surface area (Å²) in [6, 6.07) is 27.5. The summed E-state index contributed by atoms with van der Waals surface area (Å²) in [5, 5.41) is 5.70. The van der Waals surface area contributed by atoms with Crippen molar-refractivity contribution in [2.45, 2.75) is 25.2 Å². The minimum Gasteiger partial charge on any atom is -0.354 e. The minimum absolute atomic E-state index is 0.116. The van der Waals surface area contributed by atoms with E-state index in [2.05, 4.69) is 36.5 Å². The molecular weight excluding hydrogens is 492 g/mol. The maximum Gasteiger partial charge on any atom is 0.264 e. The summed E-state index contributed by atoms with van der Waals surface area (Å²) in [6.07, 6.45) is 0.793. The zero-order chi connectivity index (χ0) is 25.7. The number of amides is 1. The number of aryl methyl sites for hydroxylation is 1. The maximum atomic E-state index is 13.5. The molecule has 0 heterocycles. The fraction of sp³-hybridized carbons (Fsp3) is 0.207. The van der Waals surface area contributed by atoms with Crippen molar-refractivity contribution >= 4 is 44.0 Å². The highest BCUT2D eigenvalue weighted by Gasteiger charge is 2.27. The first-order chi connectivity index (χ1) is 17.2.